The Hall–Kier alpha value is -7.06. The van der Waals surface area contributed by atoms with Crippen molar-refractivity contribution in [2.45, 2.75) is 182 Å². The molecule has 0 aliphatic carbocycles. The second-order valence-electron chi connectivity index (χ2n) is 21.7. The predicted molar refractivity (Wildman–Crippen MR) is 287 cm³/mol. The van der Waals surface area contributed by atoms with Crippen molar-refractivity contribution in [1.29, 1.82) is 0 Å². The van der Waals surface area contributed by atoms with E-state index in [4.69, 9.17) is 27.2 Å². The van der Waals surface area contributed by atoms with Crippen LogP contribution < -0.4 is 5.32 Å². The third-order valence-electron chi connectivity index (χ3n) is 13.3. The van der Waals surface area contributed by atoms with Crippen LogP contribution in [-0.2, 0) is 60.5 Å². The van der Waals surface area contributed by atoms with Gasteiger partial charge in [-0.1, -0.05) is 13.8 Å². The number of fused-ring (bicyclic) bond motifs is 2. The minimum Gasteiger partial charge on any atom is -0.461 e. The number of likely N-dealkylation sites (N-methyl/N-ethyl adjacent to an activating group) is 2. The van der Waals surface area contributed by atoms with Crippen molar-refractivity contribution in [2.75, 3.05) is 27.0 Å². The molecule has 0 bridgehead atoms. The third kappa shape index (κ3) is 14.3. The Labute approximate surface area is 468 Å². The van der Waals surface area contributed by atoms with Gasteiger partial charge in [0.05, 0.1) is 30.5 Å². The summed E-state index contributed by atoms with van der Waals surface area (Å²) in [5.41, 5.74) is -3.65. The standard InChI is InChI=1S/C57H77F2N7O12/c1-15-34(21-48(69)30(3)63(13)54(73)77-56(7,8)9)52(71)65-28-39(75-32(5)67)24-37(65)26-43-41-19-17-35(58)22-46(41)60-49(43)50-44(42-20-18-36(59)23-47(42)61-50)27-38-25-40(76-33(6)68)29-66(38)53(72)45(16-2)62-51(70)31(4)64(14)55(74)78-57(10,11)12/h17-20,22-23,30-31,34,37-40,45,60-61H,15-16,21,24-29H2,1-14H3,(H,62,70)/t30-,31-,34+,37-,38-,39-,40-,45-/m0/s1/i13D3,14D3,26D2,27D2. The van der Waals surface area contributed by atoms with E-state index in [-0.39, 0.29) is 68.5 Å². The SMILES string of the molecule is [2H]C([2H])(c1c(-c2[nH]c3cc(F)ccc3c2C([2H])([2H])[C@@H]2C[C@H](OC(C)=O)CN2C(=O)[C@H](CC)NC(=O)[C@H](C)N(C(=O)OC(C)(C)C)C([2H])([2H])[2H])[nH]c2cc(F)ccc12)[C@@H]1C[C@H](OC(C)=O)CN1C(=O)[C@H](CC)CC(=O)[C@H](C)N(C(=O)OC(C)(C)C)C([2H])([2H])[2H]. The van der Waals surface area contributed by atoms with Crippen molar-refractivity contribution in [3.63, 3.8) is 0 Å². The zero-order valence-corrected chi connectivity index (χ0v) is 46.0. The number of ketones is 1. The highest BCUT2D eigenvalue weighted by Crippen LogP contribution is 2.41. The zero-order valence-electron chi connectivity index (χ0n) is 56.0. The number of amides is 5. The van der Waals surface area contributed by atoms with Crippen LogP contribution in [0.15, 0.2) is 36.4 Å². The molecule has 5 amide bonds. The first-order valence-electron chi connectivity index (χ1n) is 30.8. The Morgan fingerprint density at radius 2 is 1.14 bits per heavy atom. The van der Waals surface area contributed by atoms with Gasteiger partial charge in [0.25, 0.3) is 0 Å². The number of hydrogen-bond donors (Lipinski definition) is 3. The molecule has 426 valence electrons. The molecule has 4 aromatic rings. The van der Waals surface area contributed by atoms with Gasteiger partial charge in [-0.15, -0.1) is 0 Å². The number of likely N-dealkylation sites (tertiary alicyclic amines) is 2. The average Bonchev–Trinajstić information content (AvgIpc) is 1.56. The number of Topliss-reactive ketones (excluding diaryl/α,β-unsaturated/α-hetero) is 1. The molecule has 8 atom stereocenters. The maximum atomic E-state index is 15.4. The second kappa shape index (κ2) is 24.3. The Balaban J connectivity index is 1.49. The Bertz CT molecular complexity index is 3130. The van der Waals surface area contributed by atoms with Gasteiger partial charge in [0.1, 0.15) is 47.1 Å². The fourth-order valence-electron chi connectivity index (χ4n) is 9.43. The molecule has 2 aliphatic rings. The number of halogens is 2. The first-order valence-corrected chi connectivity index (χ1v) is 25.8. The number of esters is 2. The van der Waals surface area contributed by atoms with Crippen LogP contribution in [0.5, 0.6) is 0 Å². The van der Waals surface area contributed by atoms with Crippen molar-refractivity contribution in [2.24, 2.45) is 5.92 Å². The number of nitrogens with zero attached hydrogens (tertiary/aromatic N) is 4. The fraction of sp³-hybridized carbons (Fsp3) is 0.579. The smallest absolute Gasteiger partial charge is 0.410 e. The molecule has 19 nitrogen and oxygen atoms in total. The van der Waals surface area contributed by atoms with E-state index < -0.39 is 171 Å². The molecule has 21 heteroatoms. The number of H-pyrrole nitrogens is 2. The number of ether oxygens (including phenoxy) is 4. The number of carbonyl (C=O) groups is 8. The number of benzene rings is 2. The highest BCUT2D eigenvalue weighted by atomic mass is 19.1. The van der Waals surface area contributed by atoms with E-state index in [0.29, 0.717) is 4.90 Å². The molecule has 4 heterocycles. The van der Waals surface area contributed by atoms with Crippen LogP contribution in [0.3, 0.4) is 0 Å². The summed E-state index contributed by atoms with van der Waals surface area (Å²) in [6, 6.07) is -1.67. The van der Waals surface area contributed by atoms with Gasteiger partial charge in [-0.25, -0.2) is 18.4 Å². The summed E-state index contributed by atoms with van der Waals surface area (Å²) in [6.07, 6.45) is -12.5. The van der Waals surface area contributed by atoms with E-state index in [1.807, 2.05) is 0 Å². The van der Waals surface area contributed by atoms with Crippen LogP contribution in [0.2, 0.25) is 0 Å². The summed E-state index contributed by atoms with van der Waals surface area (Å²) >= 11 is 0. The topological polar surface area (TPSA) is 230 Å². The van der Waals surface area contributed by atoms with Gasteiger partial charge < -0.3 is 48.9 Å². The number of nitrogens with one attached hydrogen (secondary N) is 3. The molecular formula is C57H77F2N7O12. The van der Waals surface area contributed by atoms with Gasteiger partial charge in [-0.2, -0.15) is 0 Å². The van der Waals surface area contributed by atoms with Crippen molar-refractivity contribution in [3.05, 3.63) is 59.2 Å². The van der Waals surface area contributed by atoms with Crippen LogP contribution in [-0.4, -0.2) is 158 Å². The maximum absolute atomic E-state index is 15.4. The lowest BCUT2D eigenvalue weighted by atomic mass is 9.93. The van der Waals surface area contributed by atoms with E-state index in [1.165, 1.54) is 67.5 Å². The van der Waals surface area contributed by atoms with E-state index >= 15 is 18.4 Å². The summed E-state index contributed by atoms with van der Waals surface area (Å²) in [5, 5.41) is 2.48. The molecule has 6 rings (SSSR count). The van der Waals surface area contributed by atoms with Crippen LogP contribution in [0, 0.1) is 17.6 Å². The van der Waals surface area contributed by atoms with Crippen LogP contribution in [0.1, 0.15) is 140 Å². The molecule has 2 aromatic heterocycles. The largest absolute Gasteiger partial charge is 0.461 e. The maximum Gasteiger partial charge on any atom is 0.410 e. The highest BCUT2D eigenvalue weighted by molar-refractivity contribution is 5.97. The monoisotopic (exact) mass is 1100 g/mol. The minimum atomic E-state index is -3.21. The molecule has 0 saturated carbocycles. The molecule has 2 aliphatic heterocycles. The van der Waals surface area contributed by atoms with Gasteiger partial charge in [0.2, 0.25) is 17.7 Å². The number of carbonyl (C=O) groups excluding carboxylic acids is 8. The zero-order chi connectivity index (χ0) is 66.5. The number of hydrogen-bond acceptors (Lipinski definition) is 12. The summed E-state index contributed by atoms with van der Waals surface area (Å²) in [7, 11) is 0. The van der Waals surface area contributed by atoms with Gasteiger partial charge in [-0.05, 0) is 129 Å². The lowest BCUT2D eigenvalue weighted by Crippen LogP contribution is -2.55. The molecular weight excluding hydrogens is 1010 g/mol. The summed E-state index contributed by atoms with van der Waals surface area (Å²) in [5.74, 6) is -8.25. The first-order chi connectivity index (χ1) is 40.3. The van der Waals surface area contributed by atoms with Gasteiger partial charge in [0.15, 0.2) is 5.78 Å². The fourth-order valence-corrected chi connectivity index (χ4v) is 9.43. The van der Waals surface area contributed by atoms with E-state index in [0.717, 1.165) is 54.8 Å². The molecule has 3 N–H and O–H groups in total. The number of aromatic amines is 2. The Morgan fingerprint density at radius 1 is 0.705 bits per heavy atom. The van der Waals surface area contributed by atoms with Crippen molar-refractivity contribution in [1.82, 2.24) is 34.9 Å². The highest BCUT2D eigenvalue weighted by Gasteiger charge is 2.43. The first kappa shape index (κ1) is 47.0. The van der Waals surface area contributed by atoms with Crippen LogP contribution >= 0.6 is 0 Å². The summed E-state index contributed by atoms with van der Waals surface area (Å²) in [4.78, 5) is 118. The molecule has 0 unspecified atom stereocenters. The van der Waals surface area contributed by atoms with Crippen molar-refractivity contribution in [3.8, 4) is 11.4 Å². The van der Waals surface area contributed by atoms with Crippen LogP contribution in [0.4, 0.5) is 18.4 Å². The lowest BCUT2D eigenvalue weighted by Gasteiger charge is -2.31. The molecule has 0 spiro atoms. The van der Waals surface area contributed by atoms with Crippen molar-refractivity contribution >= 4 is 69.4 Å². The number of aromatic nitrogens is 2. The van der Waals surface area contributed by atoms with Gasteiger partial charge in [-0.3, -0.25) is 33.7 Å². The second-order valence-corrected chi connectivity index (χ2v) is 21.7. The van der Waals surface area contributed by atoms with E-state index in [2.05, 4.69) is 15.3 Å². The van der Waals surface area contributed by atoms with Gasteiger partial charge >= 0.3 is 24.1 Å². The average molecular weight is 1100 g/mol. The normalized spacial score (nSPS) is 21.8. The Kier molecular flexibility index (Phi) is 14.6. The lowest BCUT2D eigenvalue weighted by molar-refractivity contribution is -0.147. The molecule has 2 saturated heterocycles. The predicted octanol–water partition coefficient (Wildman–Crippen LogP) is 8.14. The minimum absolute atomic E-state index is 0.00361. The van der Waals surface area contributed by atoms with E-state index in [1.54, 1.807) is 6.92 Å². The number of rotatable bonds is 18. The van der Waals surface area contributed by atoms with Gasteiger partial charge in [0, 0.05) is 101 Å². The molecule has 0 radical (unpaired) electrons. The Morgan fingerprint density at radius 3 is 1.54 bits per heavy atom. The summed E-state index contributed by atoms with van der Waals surface area (Å²) < 4.78 is 142. The molecule has 78 heavy (non-hydrogen) atoms. The van der Waals surface area contributed by atoms with Crippen molar-refractivity contribution < 1.29 is 79.8 Å². The molecule has 2 fully saturated rings. The van der Waals surface area contributed by atoms with Crippen LogP contribution in [0.25, 0.3) is 33.2 Å². The third-order valence-corrected chi connectivity index (χ3v) is 13.3. The quantitative estimate of drug-likeness (QED) is 0.0634. The van der Waals surface area contributed by atoms with E-state index in [9.17, 15) is 34.3 Å². The molecule has 2 aromatic carbocycles. The summed E-state index contributed by atoms with van der Waals surface area (Å²) in [6.45, 7) is 9.19.